The third kappa shape index (κ3) is 21.2. The minimum absolute atomic E-state index is 0.685. The lowest BCUT2D eigenvalue weighted by molar-refractivity contribution is 1.06. The Hall–Kier alpha value is -15.7. The van der Waals surface area contributed by atoms with Crippen molar-refractivity contribution >= 4 is 0 Å². The molecule has 5 heterocycles. The minimum Gasteiger partial charge on any atom is -0.233 e. The molecule has 12 heteroatoms. The maximum atomic E-state index is 4.83. The highest BCUT2D eigenvalue weighted by Crippen LogP contribution is 2.33. The quantitative estimate of drug-likeness (QED) is 0.102. The standard InChI is InChI=1S/2C23H18N2.2C22H17N3.C17H14N2/c1-17-9-8-14-20(15-17)23-24-21(18-10-4-2-5-11-18)16-22(25-23)19-12-6-3-7-13-19;1-17-12-14-20(15-13-17)23-24-21(18-8-4-2-5-9-18)16-22(25-23)19-10-6-3-7-11-19;1-16-9-8-14-19(15-16)22-24-20(17-10-4-2-5-11-17)23-21(25-22)18-12-6-3-7-13-18;1-16-12-14-19(15-13-16)22-24-20(17-8-4-2-5-9-17)23-21(25-22)18-10-6-3-7-11-18;1-13-18-16(14-8-4-2-5-9-14)12-17(19-13)15-10-6-3-7-11-15/h2*2-16H,1H3;2*2-15H,1H3;2-12H,1H3. The van der Waals surface area contributed by atoms with Crippen LogP contribution >= 0.6 is 0 Å². The lowest BCUT2D eigenvalue weighted by Gasteiger charge is -2.09. The zero-order chi connectivity index (χ0) is 81.3. The molecule has 0 radical (unpaired) electrons. The first kappa shape index (κ1) is 78.6. The third-order valence-corrected chi connectivity index (χ3v) is 19.3. The predicted octanol–water partition coefficient (Wildman–Crippen LogP) is 26.1. The summed E-state index contributed by atoms with van der Waals surface area (Å²) < 4.78 is 0. The van der Waals surface area contributed by atoms with Crippen molar-refractivity contribution in [3.63, 3.8) is 0 Å². The van der Waals surface area contributed by atoms with Gasteiger partial charge in [-0.3, -0.25) is 0 Å². The molecule has 0 unspecified atom stereocenters. The monoisotopic (exact) mass is 1540 g/mol. The molecule has 0 aliphatic carbocycles. The Bertz CT molecular complexity index is 5840. The first-order valence-electron chi connectivity index (χ1n) is 39.5. The van der Waals surface area contributed by atoms with Gasteiger partial charge in [-0.15, -0.1) is 0 Å². The molecule has 5 aromatic heterocycles. The SMILES string of the molecule is Cc1ccc(-c2nc(-c3ccccc3)cc(-c3ccccc3)n2)cc1.Cc1ccc(-c2nc(-c3ccccc3)nc(-c3ccccc3)n2)cc1.Cc1cccc(-c2nc(-c3ccccc3)cc(-c3ccccc3)n2)c1.Cc1cccc(-c2nc(-c3ccccc3)nc(-c3ccccc3)n2)c1.Cc1nc(-c2ccccc2)cc(-c2ccccc2)n1. The van der Waals surface area contributed by atoms with Crippen LogP contribution in [0.15, 0.2) is 419 Å². The Morgan fingerprint density at radius 3 is 0.504 bits per heavy atom. The summed E-state index contributed by atoms with van der Waals surface area (Å²) in [5, 5.41) is 0. The Morgan fingerprint density at radius 2 is 0.286 bits per heavy atom. The van der Waals surface area contributed by atoms with Crippen LogP contribution in [0.5, 0.6) is 0 Å². The largest absolute Gasteiger partial charge is 0.233 e. The number of nitrogens with zero attached hydrogens (tertiary/aromatic N) is 12. The van der Waals surface area contributed by atoms with E-state index in [0.717, 1.165) is 130 Å². The van der Waals surface area contributed by atoms with Crippen LogP contribution < -0.4 is 0 Å². The van der Waals surface area contributed by atoms with E-state index in [9.17, 15) is 0 Å². The van der Waals surface area contributed by atoms with E-state index in [0.29, 0.717) is 34.9 Å². The van der Waals surface area contributed by atoms with Gasteiger partial charge in [-0.05, 0) is 65.0 Å². The summed E-state index contributed by atoms with van der Waals surface area (Å²) in [6, 6.07) is 141. The van der Waals surface area contributed by atoms with Crippen molar-refractivity contribution < 1.29 is 0 Å². The van der Waals surface area contributed by atoms with Gasteiger partial charge in [0.15, 0.2) is 46.6 Å². The van der Waals surface area contributed by atoms with E-state index in [2.05, 4.69) is 189 Å². The van der Waals surface area contributed by atoms with Crippen molar-refractivity contribution in [3.05, 3.63) is 447 Å². The number of aromatic nitrogens is 12. The van der Waals surface area contributed by atoms with Crippen LogP contribution in [0.2, 0.25) is 0 Å². The summed E-state index contributed by atoms with van der Waals surface area (Å²) in [5.41, 5.74) is 25.1. The molecule has 0 atom stereocenters. The van der Waals surface area contributed by atoms with Crippen LogP contribution in [0.4, 0.5) is 0 Å². The van der Waals surface area contributed by atoms with Crippen LogP contribution in [-0.4, -0.2) is 59.8 Å². The fourth-order valence-corrected chi connectivity index (χ4v) is 13.1. The summed E-state index contributed by atoms with van der Waals surface area (Å²) in [5.74, 6) is 6.42. The van der Waals surface area contributed by atoms with Crippen molar-refractivity contribution in [3.8, 4) is 159 Å². The van der Waals surface area contributed by atoms with Crippen LogP contribution in [-0.2, 0) is 0 Å². The van der Waals surface area contributed by atoms with Crippen LogP contribution in [0.3, 0.4) is 0 Å². The molecule has 0 N–H and O–H groups in total. The molecule has 119 heavy (non-hydrogen) atoms. The molecular formula is C107H84N12. The predicted molar refractivity (Wildman–Crippen MR) is 486 cm³/mol. The van der Waals surface area contributed by atoms with Gasteiger partial charge in [-0.2, -0.15) is 0 Å². The Kier molecular flexibility index (Phi) is 25.7. The number of rotatable bonds is 14. The third-order valence-electron chi connectivity index (χ3n) is 19.3. The average Bonchev–Trinajstić information content (AvgIpc) is 0.827. The molecule has 19 rings (SSSR count). The lowest BCUT2D eigenvalue weighted by atomic mass is 10.1. The molecule has 0 spiro atoms. The zero-order valence-corrected chi connectivity index (χ0v) is 66.7. The van der Waals surface area contributed by atoms with Gasteiger partial charge in [-0.25, -0.2) is 59.8 Å². The first-order valence-corrected chi connectivity index (χ1v) is 39.5. The van der Waals surface area contributed by atoms with Gasteiger partial charge in [0.05, 0.1) is 34.2 Å². The second kappa shape index (κ2) is 38.9. The lowest BCUT2D eigenvalue weighted by Crippen LogP contribution is -2.00. The van der Waals surface area contributed by atoms with Gasteiger partial charge in [0.2, 0.25) is 0 Å². The van der Waals surface area contributed by atoms with Crippen LogP contribution in [0.1, 0.15) is 28.1 Å². The fraction of sp³-hybridized carbons (Fsp3) is 0.0467. The molecule has 0 aliphatic rings. The zero-order valence-electron chi connectivity index (χ0n) is 66.7. The van der Waals surface area contributed by atoms with Gasteiger partial charge in [0.1, 0.15) is 5.82 Å². The van der Waals surface area contributed by atoms with Crippen molar-refractivity contribution in [2.45, 2.75) is 34.6 Å². The number of hydrogen-bond acceptors (Lipinski definition) is 12. The van der Waals surface area contributed by atoms with Gasteiger partial charge in [0, 0.05) is 77.9 Å². The van der Waals surface area contributed by atoms with E-state index in [1.807, 2.05) is 274 Å². The maximum Gasteiger partial charge on any atom is 0.164 e. The second-order valence-electron chi connectivity index (χ2n) is 28.4. The Labute approximate surface area is 695 Å². The van der Waals surface area contributed by atoms with Crippen LogP contribution in [0, 0.1) is 34.6 Å². The summed E-state index contributed by atoms with van der Waals surface area (Å²) >= 11 is 0. The van der Waals surface area contributed by atoms with E-state index >= 15 is 0 Å². The molecule has 12 nitrogen and oxygen atoms in total. The molecule has 572 valence electrons. The van der Waals surface area contributed by atoms with Crippen molar-refractivity contribution in [1.82, 2.24) is 59.8 Å². The van der Waals surface area contributed by atoms with Gasteiger partial charge in [-0.1, -0.05) is 411 Å². The smallest absolute Gasteiger partial charge is 0.164 e. The van der Waals surface area contributed by atoms with Crippen molar-refractivity contribution in [2.24, 2.45) is 0 Å². The van der Waals surface area contributed by atoms with E-state index < -0.39 is 0 Å². The molecule has 0 bridgehead atoms. The van der Waals surface area contributed by atoms with E-state index in [-0.39, 0.29) is 0 Å². The summed E-state index contributed by atoms with van der Waals surface area (Å²) in [6.45, 7) is 10.2. The van der Waals surface area contributed by atoms with E-state index in [4.69, 9.17) is 49.8 Å². The molecule has 0 aliphatic heterocycles. The molecule has 0 saturated carbocycles. The van der Waals surface area contributed by atoms with Crippen molar-refractivity contribution in [1.29, 1.82) is 0 Å². The number of hydrogen-bond donors (Lipinski definition) is 0. The Balaban J connectivity index is 0.000000116. The number of aryl methyl sites for hydroxylation is 5. The summed E-state index contributed by atoms with van der Waals surface area (Å²) in [4.78, 5) is 56.6. The van der Waals surface area contributed by atoms with Crippen LogP contribution in [0.25, 0.3) is 159 Å². The molecule has 0 amide bonds. The molecular weight excluding hydrogens is 1450 g/mol. The molecule has 14 aromatic carbocycles. The minimum atomic E-state index is 0.685. The Morgan fingerprint density at radius 1 is 0.118 bits per heavy atom. The molecule has 0 fully saturated rings. The van der Waals surface area contributed by atoms with Gasteiger partial charge < -0.3 is 0 Å². The topological polar surface area (TPSA) is 155 Å². The fourth-order valence-electron chi connectivity index (χ4n) is 13.1. The summed E-state index contributed by atoms with van der Waals surface area (Å²) in [6.07, 6.45) is 0. The van der Waals surface area contributed by atoms with Gasteiger partial charge in [0.25, 0.3) is 0 Å². The summed E-state index contributed by atoms with van der Waals surface area (Å²) in [7, 11) is 0. The van der Waals surface area contributed by atoms with E-state index in [1.165, 1.54) is 22.3 Å². The van der Waals surface area contributed by atoms with Crippen molar-refractivity contribution in [2.75, 3.05) is 0 Å². The second-order valence-corrected chi connectivity index (χ2v) is 28.4. The normalized spacial score (nSPS) is 10.6. The number of benzene rings is 14. The maximum absolute atomic E-state index is 4.83. The van der Waals surface area contributed by atoms with E-state index in [1.54, 1.807) is 0 Å². The van der Waals surface area contributed by atoms with Gasteiger partial charge >= 0.3 is 0 Å². The first-order chi connectivity index (χ1) is 58.5. The molecule has 19 aromatic rings. The molecule has 0 saturated heterocycles. The highest BCUT2D eigenvalue weighted by atomic mass is 15.0. The highest BCUT2D eigenvalue weighted by Gasteiger charge is 2.17. The highest BCUT2D eigenvalue weighted by molar-refractivity contribution is 5.76. The average molecular weight is 1540 g/mol.